The smallest absolute Gasteiger partial charge is 0.187 e. The predicted molar refractivity (Wildman–Crippen MR) is 85.1 cm³/mol. The SMILES string of the molecule is COC1OCC2OC(c3ccccc3)OCC2C12OC[C@H]1CC[C@H]12. The Morgan fingerprint density at radius 1 is 1.00 bits per heavy atom. The fraction of sp³-hybridized carbons (Fsp3) is 0.684. The third-order valence-electron chi connectivity index (χ3n) is 6.36. The number of fused-ring (bicyclic) bond motifs is 4. The highest BCUT2D eigenvalue weighted by molar-refractivity contribution is 5.17. The first-order valence-electron chi connectivity index (χ1n) is 8.93. The Balaban J connectivity index is 1.42. The van der Waals surface area contributed by atoms with Crippen LogP contribution in [0.2, 0.25) is 0 Å². The second-order valence-corrected chi connectivity index (χ2v) is 7.37. The monoisotopic (exact) mass is 332 g/mol. The van der Waals surface area contributed by atoms with Crippen LogP contribution in [0.25, 0.3) is 0 Å². The number of rotatable bonds is 2. The first-order chi connectivity index (χ1) is 11.8. The zero-order valence-corrected chi connectivity index (χ0v) is 13.9. The van der Waals surface area contributed by atoms with Gasteiger partial charge in [0, 0.05) is 18.6 Å². The van der Waals surface area contributed by atoms with E-state index in [9.17, 15) is 0 Å². The fourth-order valence-corrected chi connectivity index (χ4v) is 5.04. The molecule has 1 aromatic rings. The average molecular weight is 332 g/mol. The molecule has 1 aromatic carbocycles. The summed E-state index contributed by atoms with van der Waals surface area (Å²) in [6.45, 7) is 1.95. The van der Waals surface area contributed by atoms with Crippen LogP contribution in [0.1, 0.15) is 24.7 Å². The highest BCUT2D eigenvalue weighted by Crippen LogP contribution is 2.58. The molecule has 0 bridgehead atoms. The zero-order valence-electron chi connectivity index (χ0n) is 13.9. The van der Waals surface area contributed by atoms with E-state index in [1.165, 1.54) is 12.8 Å². The summed E-state index contributed by atoms with van der Waals surface area (Å²) in [5.74, 6) is 1.29. The van der Waals surface area contributed by atoms with Gasteiger partial charge < -0.3 is 23.7 Å². The molecule has 130 valence electrons. The van der Waals surface area contributed by atoms with Gasteiger partial charge in [0.2, 0.25) is 0 Å². The van der Waals surface area contributed by atoms with Crippen LogP contribution in [0.15, 0.2) is 30.3 Å². The van der Waals surface area contributed by atoms with E-state index in [0.717, 1.165) is 12.2 Å². The van der Waals surface area contributed by atoms with Gasteiger partial charge in [0.05, 0.1) is 25.9 Å². The van der Waals surface area contributed by atoms with E-state index in [0.29, 0.717) is 25.0 Å². The van der Waals surface area contributed by atoms with E-state index < -0.39 is 5.60 Å². The van der Waals surface area contributed by atoms with Crippen molar-refractivity contribution in [2.24, 2.45) is 17.8 Å². The summed E-state index contributed by atoms with van der Waals surface area (Å²) in [6.07, 6.45) is 1.75. The highest BCUT2D eigenvalue weighted by Gasteiger charge is 2.67. The number of benzene rings is 1. The van der Waals surface area contributed by atoms with Crippen molar-refractivity contribution in [3.8, 4) is 0 Å². The predicted octanol–water partition coefficient (Wildman–Crippen LogP) is 2.51. The molecular weight excluding hydrogens is 308 g/mol. The minimum Gasteiger partial charge on any atom is -0.369 e. The lowest BCUT2D eigenvalue weighted by Crippen LogP contribution is -2.67. The highest BCUT2D eigenvalue weighted by atomic mass is 16.7. The van der Waals surface area contributed by atoms with Gasteiger partial charge in [-0.3, -0.25) is 0 Å². The molecule has 5 unspecified atom stereocenters. The number of methoxy groups -OCH3 is 1. The molecule has 4 aliphatic rings. The number of ether oxygens (including phenoxy) is 5. The molecule has 0 N–H and O–H groups in total. The van der Waals surface area contributed by atoms with Crippen molar-refractivity contribution < 1.29 is 23.7 Å². The lowest BCUT2D eigenvalue weighted by molar-refractivity contribution is -0.364. The van der Waals surface area contributed by atoms with Crippen molar-refractivity contribution in [3.05, 3.63) is 35.9 Å². The average Bonchev–Trinajstić information content (AvgIpc) is 2.86. The van der Waals surface area contributed by atoms with E-state index in [4.69, 9.17) is 23.7 Å². The molecule has 1 saturated carbocycles. The molecule has 3 saturated heterocycles. The van der Waals surface area contributed by atoms with Crippen molar-refractivity contribution in [1.82, 2.24) is 0 Å². The molecule has 1 aliphatic carbocycles. The number of hydrogen-bond donors (Lipinski definition) is 0. The first-order valence-corrected chi connectivity index (χ1v) is 8.93. The summed E-state index contributed by atoms with van der Waals surface area (Å²) in [4.78, 5) is 0. The second kappa shape index (κ2) is 5.78. The molecule has 7 atom stereocenters. The molecular formula is C19H24O5. The quantitative estimate of drug-likeness (QED) is 0.833. The maximum absolute atomic E-state index is 6.37. The molecule has 0 aromatic heterocycles. The topological polar surface area (TPSA) is 46.2 Å². The molecule has 24 heavy (non-hydrogen) atoms. The summed E-state index contributed by atoms with van der Waals surface area (Å²) in [7, 11) is 1.71. The van der Waals surface area contributed by atoms with Gasteiger partial charge in [-0.2, -0.15) is 0 Å². The summed E-state index contributed by atoms with van der Waals surface area (Å²) >= 11 is 0. The van der Waals surface area contributed by atoms with Crippen LogP contribution in [-0.4, -0.2) is 44.9 Å². The van der Waals surface area contributed by atoms with Gasteiger partial charge in [-0.15, -0.1) is 0 Å². The van der Waals surface area contributed by atoms with Gasteiger partial charge in [0.15, 0.2) is 12.6 Å². The molecule has 1 spiro atoms. The Morgan fingerprint density at radius 3 is 2.58 bits per heavy atom. The Morgan fingerprint density at radius 2 is 1.88 bits per heavy atom. The maximum atomic E-state index is 6.37. The third kappa shape index (κ3) is 2.06. The van der Waals surface area contributed by atoms with Crippen molar-refractivity contribution in [2.45, 2.75) is 37.1 Å². The van der Waals surface area contributed by atoms with Crippen LogP contribution in [-0.2, 0) is 23.7 Å². The summed E-state index contributed by atoms with van der Waals surface area (Å²) in [5, 5.41) is 0. The Kier molecular flexibility index (Phi) is 3.68. The van der Waals surface area contributed by atoms with Crippen LogP contribution < -0.4 is 0 Å². The standard InChI is InChI=1S/C19H24O5/c1-20-18-19(14-8-7-13(14)9-23-19)15-10-21-17(24-16(15)11-22-18)12-5-3-2-4-6-12/h2-6,13-18H,7-11H2,1H3/t13-,14-,15?,16?,17?,18?,19?/m1/s1. The van der Waals surface area contributed by atoms with Crippen molar-refractivity contribution in [1.29, 1.82) is 0 Å². The largest absolute Gasteiger partial charge is 0.369 e. The molecule has 0 radical (unpaired) electrons. The lowest BCUT2D eigenvalue weighted by Gasteiger charge is -2.55. The zero-order chi connectivity index (χ0) is 16.1. The van der Waals surface area contributed by atoms with Gasteiger partial charge >= 0.3 is 0 Å². The Hall–Kier alpha value is -0.980. The normalized spacial score (nSPS) is 47.0. The summed E-state index contributed by atoms with van der Waals surface area (Å²) in [6, 6.07) is 10.1. The molecule has 5 heteroatoms. The number of hydrogen-bond acceptors (Lipinski definition) is 5. The van der Waals surface area contributed by atoms with Crippen molar-refractivity contribution >= 4 is 0 Å². The summed E-state index contributed by atoms with van der Waals surface area (Å²) in [5.41, 5.74) is 0.634. The molecule has 3 heterocycles. The Labute approximate surface area is 142 Å². The summed E-state index contributed by atoms with van der Waals surface area (Å²) < 4.78 is 30.5. The van der Waals surface area contributed by atoms with Crippen LogP contribution in [0.5, 0.6) is 0 Å². The van der Waals surface area contributed by atoms with Gasteiger partial charge in [-0.05, 0) is 24.7 Å². The minimum absolute atomic E-state index is 0.0188. The van der Waals surface area contributed by atoms with Crippen LogP contribution >= 0.6 is 0 Å². The van der Waals surface area contributed by atoms with Crippen LogP contribution in [0, 0.1) is 17.8 Å². The van der Waals surface area contributed by atoms with Gasteiger partial charge in [0.25, 0.3) is 0 Å². The van der Waals surface area contributed by atoms with Crippen molar-refractivity contribution in [3.63, 3.8) is 0 Å². The third-order valence-corrected chi connectivity index (χ3v) is 6.36. The maximum Gasteiger partial charge on any atom is 0.187 e. The van der Waals surface area contributed by atoms with E-state index in [2.05, 4.69) is 0 Å². The molecule has 4 fully saturated rings. The van der Waals surface area contributed by atoms with Gasteiger partial charge in [-0.1, -0.05) is 30.3 Å². The van der Waals surface area contributed by atoms with Crippen molar-refractivity contribution in [2.75, 3.05) is 26.9 Å². The van der Waals surface area contributed by atoms with E-state index in [-0.39, 0.29) is 24.6 Å². The lowest BCUT2D eigenvalue weighted by atomic mass is 9.61. The van der Waals surface area contributed by atoms with E-state index in [1.54, 1.807) is 7.11 Å². The second-order valence-electron chi connectivity index (χ2n) is 7.37. The van der Waals surface area contributed by atoms with E-state index >= 15 is 0 Å². The molecule has 3 aliphatic heterocycles. The van der Waals surface area contributed by atoms with E-state index in [1.807, 2.05) is 30.3 Å². The van der Waals surface area contributed by atoms with Crippen LogP contribution in [0.3, 0.4) is 0 Å². The molecule has 5 rings (SSSR count). The molecule has 0 amide bonds. The van der Waals surface area contributed by atoms with Gasteiger partial charge in [-0.25, -0.2) is 0 Å². The first kappa shape index (κ1) is 15.3. The minimum atomic E-state index is -0.414. The fourth-order valence-electron chi connectivity index (χ4n) is 5.04. The Bertz CT molecular complexity index is 593. The molecule has 5 nitrogen and oxygen atoms in total. The van der Waals surface area contributed by atoms with Gasteiger partial charge in [0.1, 0.15) is 5.60 Å². The van der Waals surface area contributed by atoms with Crippen LogP contribution in [0.4, 0.5) is 0 Å².